The number of para-hydroxylation sites is 2. The quantitative estimate of drug-likeness (QED) is 0.588. The normalized spacial score (nSPS) is 16.0. The Morgan fingerprint density at radius 3 is 2.62 bits per heavy atom. The van der Waals surface area contributed by atoms with Crippen LogP contribution in [0.2, 0.25) is 0 Å². The van der Waals surface area contributed by atoms with Crippen molar-refractivity contribution in [2.75, 3.05) is 0 Å². The van der Waals surface area contributed by atoms with E-state index in [4.69, 9.17) is 9.47 Å². The lowest BCUT2D eigenvalue weighted by Gasteiger charge is -2.09. The third-order valence-electron chi connectivity index (χ3n) is 3.17. The SMILES string of the molecule is O=C1/C=C\C(=O)Oc2c(cc3cnc4ccccc4n23)O1. The minimum absolute atomic E-state index is 0.173. The standard InChI is InChI=1S/C15H8N2O4/c18-13-5-6-14(19)21-15-12(20-13)7-9-8-16-10-3-1-2-4-11(10)17(9)15/h1-8H/b6-5-. The fourth-order valence-corrected chi connectivity index (χ4v) is 2.31. The van der Waals surface area contributed by atoms with Gasteiger partial charge < -0.3 is 9.47 Å². The van der Waals surface area contributed by atoms with Crippen LogP contribution in [-0.2, 0) is 9.59 Å². The van der Waals surface area contributed by atoms with Gasteiger partial charge in [0.2, 0.25) is 0 Å². The molecule has 0 saturated carbocycles. The van der Waals surface area contributed by atoms with Crippen molar-refractivity contribution >= 4 is 28.5 Å². The highest BCUT2D eigenvalue weighted by molar-refractivity contribution is 5.96. The molecule has 0 radical (unpaired) electrons. The molecule has 4 rings (SSSR count). The van der Waals surface area contributed by atoms with E-state index in [1.54, 1.807) is 16.7 Å². The topological polar surface area (TPSA) is 69.9 Å². The molecule has 3 aromatic rings. The predicted octanol–water partition coefficient (Wildman–Crippen LogP) is 1.87. The number of benzene rings is 1. The Morgan fingerprint density at radius 2 is 1.76 bits per heavy atom. The van der Waals surface area contributed by atoms with E-state index in [2.05, 4.69) is 4.98 Å². The second-order valence-corrected chi connectivity index (χ2v) is 4.50. The molecule has 0 fully saturated rings. The summed E-state index contributed by atoms with van der Waals surface area (Å²) in [7, 11) is 0. The fraction of sp³-hybridized carbons (Fsp3) is 0. The van der Waals surface area contributed by atoms with Gasteiger partial charge in [-0.05, 0) is 12.1 Å². The molecule has 0 bridgehead atoms. The van der Waals surface area contributed by atoms with Crippen LogP contribution in [0.15, 0.2) is 48.7 Å². The summed E-state index contributed by atoms with van der Waals surface area (Å²) in [5.41, 5.74) is 2.16. The maximum Gasteiger partial charge on any atom is 0.337 e. The van der Waals surface area contributed by atoms with Crippen LogP contribution in [-0.4, -0.2) is 21.3 Å². The van der Waals surface area contributed by atoms with Crippen molar-refractivity contribution in [2.24, 2.45) is 0 Å². The Hall–Kier alpha value is -3.15. The summed E-state index contributed by atoms with van der Waals surface area (Å²) in [6.45, 7) is 0. The highest BCUT2D eigenvalue weighted by Crippen LogP contribution is 2.35. The van der Waals surface area contributed by atoms with E-state index < -0.39 is 11.9 Å². The summed E-state index contributed by atoms with van der Waals surface area (Å²) < 4.78 is 12.1. The molecule has 2 aromatic heterocycles. The van der Waals surface area contributed by atoms with Crippen molar-refractivity contribution in [1.82, 2.24) is 9.38 Å². The van der Waals surface area contributed by atoms with E-state index in [0.717, 1.165) is 23.2 Å². The summed E-state index contributed by atoms with van der Waals surface area (Å²) in [6.07, 6.45) is 3.69. The van der Waals surface area contributed by atoms with Crippen molar-refractivity contribution in [1.29, 1.82) is 0 Å². The lowest BCUT2D eigenvalue weighted by molar-refractivity contribution is -0.133. The summed E-state index contributed by atoms with van der Waals surface area (Å²) in [6, 6.07) is 9.02. The maximum absolute atomic E-state index is 11.7. The van der Waals surface area contributed by atoms with E-state index in [1.807, 2.05) is 24.3 Å². The Balaban J connectivity index is 2.09. The van der Waals surface area contributed by atoms with Gasteiger partial charge in [0.25, 0.3) is 5.88 Å². The number of fused-ring (bicyclic) bond motifs is 5. The lowest BCUT2D eigenvalue weighted by Crippen LogP contribution is -2.13. The second-order valence-electron chi connectivity index (χ2n) is 4.50. The summed E-state index contributed by atoms with van der Waals surface area (Å²) in [4.78, 5) is 27.5. The molecule has 0 spiro atoms. The highest BCUT2D eigenvalue weighted by Gasteiger charge is 2.21. The van der Waals surface area contributed by atoms with Crippen molar-refractivity contribution in [3.8, 4) is 11.6 Å². The zero-order valence-corrected chi connectivity index (χ0v) is 10.6. The molecular formula is C15H8N2O4. The molecule has 6 heteroatoms. The first-order chi connectivity index (χ1) is 10.2. The average molecular weight is 280 g/mol. The lowest BCUT2D eigenvalue weighted by atomic mass is 10.3. The number of carbonyl (C=O) groups excluding carboxylic acids is 2. The van der Waals surface area contributed by atoms with Crippen LogP contribution < -0.4 is 9.47 Å². The number of aromatic nitrogens is 2. The highest BCUT2D eigenvalue weighted by atomic mass is 16.6. The number of ether oxygens (including phenoxy) is 2. The van der Waals surface area contributed by atoms with Gasteiger partial charge in [0, 0.05) is 18.2 Å². The molecule has 0 N–H and O–H groups in total. The molecule has 0 saturated heterocycles. The average Bonchev–Trinajstić information content (AvgIpc) is 2.81. The van der Waals surface area contributed by atoms with Gasteiger partial charge in [0.15, 0.2) is 5.75 Å². The van der Waals surface area contributed by atoms with Crippen LogP contribution in [0.1, 0.15) is 0 Å². The van der Waals surface area contributed by atoms with E-state index >= 15 is 0 Å². The van der Waals surface area contributed by atoms with E-state index in [-0.39, 0.29) is 11.6 Å². The first kappa shape index (κ1) is 11.7. The van der Waals surface area contributed by atoms with Gasteiger partial charge in [-0.15, -0.1) is 0 Å². The summed E-state index contributed by atoms with van der Waals surface area (Å²) in [5, 5.41) is 0. The third-order valence-corrected chi connectivity index (χ3v) is 3.17. The first-order valence-electron chi connectivity index (χ1n) is 6.23. The summed E-state index contributed by atoms with van der Waals surface area (Å²) in [5.74, 6) is -0.892. The third kappa shape index (κ3) is 1.77. The molecule has 102 valence electrons. The maximum atomic E-state index is 11.7. The minimum Gasteiger partial charge on any atom is -0.418 e. The molecular weight excluding hydrogens is 272 g/mol. The van der Waals surface area contributed by atoms with Crippen LogP contribution in [0.4, 0.5) is 0 Å². The van der Waals surface area contributed by atoms with E-state index in [0.29, 0.717) is 5.52 Å². The van der Waals surface area contributed by atoms with Crippen LogP contribution in [0.25, 0.3) is 16.6 Å². The van der Waals surface area contributed by atoms with Crippen molar-refractivity contribution in [3.05, 3.63) is 48.7 Å². The second kappa shape index (κ2) is 4.17. The number of esters is 2. The van der Waals surface area contributed by atoms with Gasteiger partial charge in [0.05, 0.1) is 22.7 Å². The number of hydrogen-bond donors (Lipinski definition) is 0. The Morgan fingerprint density at radius 1 is 1.00 bits per heavy atom. The molecule has 3 heterocycles. The molecule has 1 aromatic carbocycles. The van der Waals surface area contributed by atoms with Gasteiger partial charge in [-0.2, -0.15) is 0 Å². The number of carbonyl (C=O) groups is 2. The zero-order chi connectivity index (χ0) is 14.4. The van der Waals surface area contributed by atoms with Crippen LogP contribution in [0.5, 0.6) is 11.6 Å². The number of nitrogens with zero attached hydrogens (tertiary/aromatic N) is 2. The zero-order valence-electron chi connectivity index (χ0n) is 10.6. The first-order valence-corrected chi connectivity index (χ1v) is 6.23. The fourth-order valence-electron chi connectivity index (χ4n) is 2.31. The molecule has 1 aliphatic heterocycles. The van der Waals surface area contributed by atoms with E-state index in [1.165, 1.54) is 0 Å². The molecule has 0 atom stereocenters. The van der Waals surface area contributed by atoms with Gasteiger partial charge in [-0.25, -0.2) is 9.59 Å². The smallest absolute Gasteiger partial charge is 0.337 e. The van der Waals surface area contributed by atoms with Crippen LogP contribution >= 0.6 is 0 Å². The molecule has 0 unspecified atom stereocenters. The molecule has 0 aliphatic carbocycles. The molecule has 6 nitrogen and oxygen atoms in total. The van der Waals surface area contributed by atoms with Crippen LogP contribution in [0.3, 0.4) is 0 Å². The van der Waals surface area contributed by atoms with Gasteiger partial charge in [0.1, 0.15) is 0 Å². The Labute approximate surface area is 118 Å². The van der Waals surface area contributed by atoms with Crippen molar-refractivity contribution in [3.63, 3.8) is 0 Å². The molecule has 21 heavy (non-hydrogen) atoms. The monoisotopic (exact) mass is 280 g/mol. The summed E-state index contributed by atoms with van der Waals surface area (Å²) >= 11 is 0. The number of rotatable bonds is 0. The van der Waals surface area contributed by atoms with Crippen LogP contribution in [0, 0.1) is 0 Å². The predicted molar refractivity (Wildman–Crippen MR) is 73.1 cm³/mol. The van der Waals surface area contributed by atoms with Gasteiger partial charge in [-0.1, -0.05) is 12.1 Å². The largest absolute Gasteiger partial charge is 0.418 e. The Kier molecular flexibility index (Phi) is 2.32. The van der Waals surface area contributed by atoms with Crippen molar-refractivity contribution in [2.45, 2.75) is 0 Å². The van der Waals surface area contributed by atoms with Crippen molar-refractivity contribution < 1.29 is 19.1 Å². The Bertz CT molecular complexity index is 939. The van der Waals surface area contributed by atoms with Gasteiger partial charge in [-0.3, -0.25) is 9.38 Å². The number of hydrogen-bond acceptors (Lipinski definition) is 5. The molecule has 0 amide bonds. The van der Waals surface area contributed by atoms with E-state index in [9.17, 15) is 9.59 Å². The van der Waals surface area contributed by atoms with Gasteiger partial charge >= 0.3 is 11.9 Å². The minimum atomic E-state index is -0.631. The molecule has 1 aliphatic rings.